The molecule has 0 saturated carbocycles. The molecule has 0 N–H and O–H groups in total. The fourth-order valence-corrected chi connectivity index (χ4v) is 3.10. The Kier molecular flexibility index (Phi) is 5.95. The van der Waals surface area contributed by atoms with Crippen LogP contribution in [-0.4, -0.2) is 54.9 Å². The van der Waals surface area contributed by atoms with Crippen molar-refractivity contribution in [3.05, 3.63) is 35.4 Å². The SMILES string of the molecule is CCC1CN(C)CCCN1CCC(=O)c1ccc(C)cc1. The van der Waals surface area contributed by atoms with Crippen LogP contribution in [0.4, 0.5) is 0 Å². The van der Waals surface area contributed by atoms with E-state index >= 15 is 0 Å². The number of Topliss-reactive ketones (excluding diaryl/α,β-unsaturated/α-hetero) is 1. The van der Waals surface area contributed by atoms with Crippen LogP contribution >= 0.6 is 0 Å². The predicted molar refractivity (Wildman–Crippen MR) is 87.9 cm³/mol. The van der Waals surface area contributed by atoms with Crippen LogP contribution in [0.25, 0.3) is 0 Å². The van der Waals surface area contributed by atoms with Crippen molar-refractivity contribution in [2.75, 3.05) is 33.2 Å². The molecule has 0 radical (unpaired) electrons. The third kappa shape index (κ3) is 4.65. The van der Waals surface area contributed by atoms with Crippen molar-refractivity contribution in [3.63, 3.8) is 0 Å². The fraction of sp³-hybridized carbons (Fsp3) is 0.611. The fourth-order valence-electron chi connectivity index (χ4n) is 3.10. The summed E-state index contributed by atoms with van der Waals surface area (Å²) >= 11 is 0. The number of hydrogen-bond acceptors (Lipinski definition) is 3. The minimum atomic E-state index is 0.266. The van der Waals surface area contributed by atoms with E-state index in [1.54, 1.807) is 0 Å². The number of carbonyl (C=O) groups is 1. The highest BCUT2D eigenvalue weighted by atomic mass is 16.1. The number of nitrogens with zero attached hydrogens (tertiary/aromatic N) is 2. The van der Waals surface area contributed by atoms with Gasteiger partial charge < -0.3 is 4.90 Å². The van der Waals surface area contributed by atoms with Crippen molar-refractivity contribution in [1.82, 2.24) is 9.80 Å². The van der Waals surface area contributed by atoms with E-state index in [-0.39, 0.29) is 5.78 Å². The van der Waals surface area contributed by atoms with Crippen molar-refractivity contribution in [3.8, 4) is 0 Å². The van der Waals surface area contributed by atoms with Gasteiger partial charge in [0.2, 0.25) is 0 Å². The summed E-state index contributed by atoms with van der Waals surface area (Å²) in [6, 6.07) is 8.52. The minimum absolute atomic E-state index is 0.266. The number of hydrogen-bond donors (Lipinski definition) is 0. The summed E-state index contributed by atoms with van der Waals surface area (Å²) in [5.41, 5.74) is 2.05. The number of benzene rings is 1. The topological polar surface area (TPSA) is 23.6 Å². The highest BCUT2D eigenvalue weighted by molar-refractivity contribution is 5.96. The molecular formula is C18H28N2O. The Morgan fingerprint density at radius 1 is 1.24 bits per heavy atom. The Morgan fingerprint density at radius 2 is 1.95 bits per heavy atom. The molecule has 0 aliphatic carbocycles. The third-order valence-corrected chi connectivity index (χ3v) is 4.49. The maximum absolute atomic E-state index is 12.3. The van der Waals surface area contributed by atoms with Gasteiger partial charge in [0.1, 0.15) is 0 Å². The van der Waals surface area contributed by atoms with Gasteiger partial charge in [-0.1, -0.05) is 36.8 Å². The van der Waals surface area contributed by atoms with Crippen molar-refractivity contribution in [1.29, 1.82) is 0 Å². The zero-order valence-corrected chi connectivity index (χ0v) is 13.6. The molecular weight excluding hydrogens is 260 g/mol. The van der Waals surface area contributed by atoms with Crippen molar-refractivity contribution >= 4 is 5.78 Å². The molecule has 3 heteroatoms. The molecule has 0 spiro atoms. The average Bonchev–Trinajstić information content (AvgIpc) is 2.66. The normalized spacial score (nSPS) is 21.2. The van der Waals surface area contributed by atoms with Crippen molar-refractivity contribution in [2.45, 2.75) is 39.2 Å². The molecule has 1 atom stereocenters. The molecule has 1 unspecified atom stereocenters. The second kappa shape index (κ2) is 7.71. The highest BCUT2D eigenvalue weighted by Crippen LogP contribution is 2.14. The van der Waals surface area contributed by atoms with E-state index in [1.165, 1.54) is 18.5 Å². The lowest BCUT2D eigenvalue weighted by Gasteiger charge is -2.29. The maximum Gasteiger partial charge on any atom is 0.164 e. The van der Waals surface area contributed by atoms with Gasteiger partial charge in [-0.05, 0) is 39.9 Å². The summed E-state index contributed by atoms with van der Waals surface area (Å²) in [5.74, 6) is 0.266. The minimum Gasteiger partial charge on any atom is -0.305 e. The van der Waals surface area contributed by atoms with E-state index in [9.17, 15) is 4.79 Å². The quantitative estimate of drug-likeness (QED) is 0.778. The number of rotatable bonds is 5. The summed E-state index contributed by atoms with van der Waals surface area (Å²) in [5, 5.41) is 0. The third-order valence-electron chi connectivity index (χ3n) is 4.49. The van der Waals surface area contributed by atoms with E-state index in [2.05, 4.69) is 23.8 Å². The van der Waals surface area contributed by atoms with Crippen LogP contribution in [0.3, 0.4) is 0 Å². The predicted octanol–water partition coefficient (Wildman–Crippen LogP) is 2.98. The molecule has 1 saturated heterocycles. The number of likely N-dealkylation sites (N-methyl/N-ethyl adjacent to an activating group) is 1. The number of carbonyl (C=O) groups excluding carboxylic acids is 1. The van der Waals surface area contributed by atoms with Crippen molar-refractivity contribution in [2.24, 2.45) is 0 Å². The molecule has 1 aliphatic heterocycles. The lowest BCUT2D eigenvalue weighted by molar-refractivity contribution is 0.0948. The van der Waals surface area contributed by atoms with Gasteiger partial charge in [-0.15, -0.1) is 0 Å². The molecule has 0 aromatic heterocycles. The maximum atomic E-state index is 12.3. The van der Waals surface area contributed by atoms with Gasteiger partial charge in [0.25, 0.3) is 0 Å². The zero-order valence-electron chi connectivity index (χ0n) is 13.6. The molecule has 0 bridgehead atoms. The zero-order chi connectivity index (χ0) is 15.2. The molecule has 1 aromatic carbocycles. The summed E-state index contributed by atoms with van der Waals surface area (Å²) in [7, 11) is 2.20. The summed E-state index contributed by atoms with van der Waals surface area (Å²) in [4.78, 5) is 17.2. The molecule has 1 aliphatic rings. The van der Waals surface area contributed by atoms with Gasteiger partial charge in [0, 0.05) is 31.1 Å². The van der Waals surface area contributed by atoms with Gasteiger partial charge in [-0.2, -0.15) is 0 Å². The molecule has 2 rings (SSSR count). The summed E-state index contributed by atoms with van der Waals surface area (Å²) in [6.07, 6.45) is 2.98. The average molecular weight is 288 g/mol. The Balaban J connectivity index is 1.91. The van der Waals surface area contributed by atoms with Gasteiger partial charge >= 0.3 is 0 Å². The summed E-state index contributed by atoms with van der Waals surface area (Å²) < 4.78 is 0. The summed E-state index contributed by atoms with van der Waals surface area (Å²) in [6.45, 7) is 8.59. The van der Waals surface area contributed by atoms with Gasteiger partial charge in [-0.3, -0.25) is 9.69 Å². The molecule has 3 nitrogen and oxygen atoms in total. The van der Waals surface area contributed by atoms with E-state index in [1.807, 2.05) is 31.2 Å². The Hall–Kier alpha value is -1.19. The first kappa shape index (κ1) is 16.2. The first-order valence-electron chi connectivity index (χ1n) is 8.12. The van der Waals surface area contributed by atoms with Crippen LogP contribution in [0.15, 0.2) is 24.3 Å². The molecule has 116 valence electrons. The van der Waals surface area contributed by atoms with Crippen LogP contribution in [0.2, 0.25) is 0 Å². The second-order valence-corrected chi connectivity index (χ2v) is 6.25. The molecule has 1 heterocycles. The monoisotopic (exact) mass is 288 g/mol. The standard InChI is InChI=1S/C18H28N2O/c1-4-17-14-19(3)11-5-12-20(17)13-10-18(21)16-8-6-15(2)7-9-16/h6-9,17H,4-5,10-14H2,1-3H3. The lowest BCUT2D eigenvalue weighted by atomic mass is 10.1. The van der Waals surface area contributed by atoms with E-state index in [0.29, 0.717) is 12.5 Å². The second-order valence-electron chi connectivity index (χ2n) is 6.25. The van der Waals surface area contributed by atoms with Crippen molar-refractivity contribution < 1.29 is 4.79 Å². The number of aryl methyl sites for hydroxylation is 1. The Morgan fingerprint density at radius 3 is 2.62 bits per heavy atom. The molecule has 21 heavy (non-hydrogen) atoms. The number of ketones is 1. The van der Waals surface area contributed by atoms with Gasteiger partial charge in [-0.25, -0.2) is 0 Å². The lowest BCUT2D eigenvalue weighted by Crippen LogP contribution is -2.40. The van der Waals surface area contributed by atoms with Crippen LogP contribution in [0, 0.1) is 6.92 Å². The first-order chi connectivity index (χ1) is 10.1. The molecule has 0 amide bonds. The smallest absolute Gasteiger partial charge is 0.164 e. The Bertz CT molecular complexity index is 455. The van der Waals surface area contributed by atoms with E-state index < -0.39 is 0 Å². The van der Waals surface area contributed by atoms with E-state index in [0.717, 1.165) is 31.6 Å². The molecule has 1 fully saturated rings. The Labute approximate surface area is 128 Å². The van der Waals surface area contributed by atoms with Crippen LogP contribution in [-0.2, 0) is 0 Å². The largest absolute Gasteiger partial charge is 0.305 e. The first-order valence-corrected chi connectivity index (χ1v) is 8.12. The van der Waals surface area contributed by atoms with E-state index in [4.69, 9.17) is 0 Å². The van der Waals surface area contributed by atoms with Crippen LogP contribution in [0.5, 0.6) is 0 Å². The highest BCUT2D eigenvalue weighted by Gasteiger charge is 2.22. The van der Waals surface area contributed by atoms with Gasteiger partial charge in [0.15, 0.2) is 5.78 Å². The van der Waals surface area contributed by atoms with Gasteiger partial charge in [0.05, 0.1) is 0 Å². The van der Waals surface area contributed by atoms with Crippen LogP contribution in [0.1, 0.15) is 42.1 Å². The molecule has 1 aromatic rings. The van der Waals surface area contributed by atoms with Crippen LogP contribution < -0.4 is 0 Å².